The molecule has 7 nitrogen and oxygen atoms in total. The lowest BCUT2D eigenvalue weighted by Gasteiger charge is -2.12. The van der Waals surface area contributed by atoms with Gasteiger partial charge >= 0.3 is 0 Å². The average Bonchev–Trinajstić information content (AvgIpc) is 3.34. The molecule has 0 saturated carbocycles. The summed E-state index contributed by atoms with van der Waals surface area (Å²) in [5.41, 5.74) is 3.81. The standard InChI is InChI=1S/C27H22N4O3S/c1-33-23-13-12-18(15-24(23)34-2)22-16-20(19-10-6-7-11-21(19)28-22)26(32)29-27-31-30-25(35-27)14-17-8-4-3-5-9-17/h3-13,15-16H,14H2,1-2H3,(H,29,31,32). The predicted octanol–water partition coefficient (Wildman–Crippen LogP) is 5.61. The van der Waals surface area contributed by atoms with Gasteiger partial charge in [0.15, 0.2) is 11.5 Å². The number of hydrogen-bond donors (Lipinski definition) is 1. The summed E-state index contributed by atoms with van der Waals surface area (Å²) in [6, 6.07) is 24.9. The number of nitrogens with zero attached hydrogens (tertiary/aromatic N) is 3. The molecule has 1 amide bonds. The maximum Gasteiger partial charge on any atom is 0.258 e. The fourth-order valence-electron chi connectivity index (χ4n) is 3.82. The first kappa shape index (κ1) is 22.5. The van der Waals surface area contributed by atoms with Crippen LogP contribution in [0.15, 0.2) is 78.9 Å². The van der Waals surface area contributed by atoms with Crippen molar-refractivity contribution in [1.29, 1.82) is 0 Å². The van der Waals surface area contributed by atoms with Crippen molar-refractivity contribution in [2.24, 2.45) is 0 Å². The van der Waals surface area contributed by atoms with Gasteiger partial charge in [-0.3, -0.25) is 10.1 Å². The normalized spacial score (nSPS) is 10.8. The Morgan fingerprint density at radius 3 is 2.46 bits per heavy atom. The fourth-order valence-corrected chi connectivity index (χ4v) is 4.59. The second-order valence-electron chi connectivity index (χ2n) is 7.76. The van der Waals surface area contributed by atoms with Crippen molar-refractivity contribution < 1.29 is 14.3 Å². The Hall–Kier alpha value is -4.30. The van der Waals surface area contributed by atoms with Crippen LogP contribution in [0.4, 0.5) is 5.13 Å². The van der Waals surface area contributed by atoms with E-state index in [0.717, 1.165) is 21.5 Å². The van der Waals surface area contributed by atoms with Crippen molar-refractivity contribution in [3.8, 4) is 22.8 Å². The van der Waals surface area contributed by atoms with Crippen molar-refractivity contribution >= 4 is 33.3 Å². The summed E-state index contributed by atoms with van der Waals surface area (Å²) in [4.78, 5) is 18.1. The Kier molecular flexibility index (Phi) is 6.36. The zero-order valence-electron chi connectivity index (χ0n) is 19.2. The van der Waals surface area contributed by atoms with E-state index in [1.807, 2.05) is 72.8 Å². The molecular weight excluding hydrogens is 460 g/mol. The van der Waals surface area contributed by atoms with Gasteiger partial charge in [0.2, 0.25) is 5.13 Å². The molecule has 0 aliphatic heterocycles. The maximum absolute atomic E-state index is 13.4. The number of para-hydroxylation sites is 1. The van der Waals surface area contributed by atoms with Crippen LogP contribution in [-0.4, -0.2) is 35.3 Å². The molecule has 8 heteroatoms. The molecule has 0 atom stereocenters. The Labute approximate surface area is 206 Å². The van der Waals surface area contributed by atoms with Crippen LogP contribution in [0.25, 0.3) is 22.2 Å². The Morgan fingerprint density at radius 2 is 1.66 bits per heavy atom. The molecule has 0 unspecified atom stereocenters. The third kappa shape index (κ3) is 4.83. The Bertz CT molecular complexity index is 1500. The fraction of sp³-hybridized carbons (Fsp3) is 0.111. The summed E-state index contributed by atoms with van der Waals surface area (Å²) in [6.07, 6.45) is 0.663. The number of carbonyl (C=O) groups excluding carboxylic acids is 1. The van der Waals surface area contributed by atoms with Gasteiger partial charge in [-0.2, -0.15) is 0 Å². The van der Waals surface area contributed by atoms with Gasteiger partial charge in [0.1, 0.15) is 5.01 Å². The van der Waals surface area contributed by atoms with Gasteiger partial charge in [0, 0.05) is 17.4 Å². The number of benzene rings is 3. The number of methoxy groups -OCH3 is 2. The lowest BCUT2D eigenvalue weighted by atomic mass is 10.0. The van der Waals surface area contributed by atoms with Gasteiger partial charge in [0.05, 0.1) is 31.0 Å². The molecule has 0 aliphatic rings. The monoisotopic (exact) mass is 482 g/mol. The highest BCUT2D eigenvalue weighted by Gasteiger charge is 2.17. The number of fused-ring (bicyclic) bond motifs is 1. The summed E-state index contributed by atoms with van der Waals surface area (Å²) in [6.45, 7) is 0. The van der Waals surface area contributed by atoms with E-state index >= 15 is 0 Å². The lowest BCUT2D eigenvalue weighted by molar-refractivity contribution is 0.102. The number of carbonyl (C=O) groups is 1. The van der Waals surface area contributed by atoms with E-state index in [4.69, 9.17) is 14.5 Å². The number of aromatic nitrogens is 3. The molecule has 5 rings (SSSR count). The number of nitrogens with one attached hydrogen (secondary N) is 1. The number of ether oxygens (including phenoxy) is 2. The van der Waals surface area contributed by atoms with Crippen LogP contribution < -0.4 is 14.8 Å². The number of pyridine rings is 1. The molecule has 5 aromatic rings. The van der Waals surface area contributed by atoms with Crippen molar-refractivity contribution in [2.45, 2.75) is 6.42 Å². The molecule has 2 aromatic heterocycles. The highest BCUT2D eigenvalue weighted by atomic mass is 32.1. The van der Waals surface area contributed by atoms with Crippen molar-refractivity contribution in [3.63, 3.8) is 0 Å². The van der Waals surface area contributed by atoms with E-state index < -0.39 is 0 Å². The van der Waals surface area contributed by atoms with Crippen LogP contribution in [0.5, 0.6) is 11.5 Å². The zero-order valence-corrected chi connectivity index (χ0v) is 20.0. The summed E-state index contributed by atoms with van der Waals surface area (Å²) in [7, 11) is 3.18. The SMILES string of the molecule is COc1ccc(-c2cc(C(=O)Nc3nnc(Cc4ccccc4)s3)c3ccccc3n2)cc1OC. The molecule has 2 heterocycles. The van der Waals surface area contributed by atoms with Crippen LogP contribution in [0.1, 0.15) is 20.9 Å². The topological polar surface area (TPSA) is 86.2 Å². The first-order chi connectivity index (χ1) is 17.1. The van der Waals surface area contributed by atoms with Gasteiger partial charge < -0.3 is 9.47 Å². The lowest BCUT2D eigenvalue weighted by Crippen LogP contribution is -2.13. The van der Waals surface area contributed by atoms with Crippen LogP contribution in [0.3, 0.4) is 0 Å². The quantitative estimate of drug-likeness (QED) is 0.324. The zero-order chi connectivity index (χ0) is 24.2. The summed E-state index contributed by atoms with van der Waals surface area (Å²) in [5.74, 6) is 0.941. The molecule has 174 valence electrons. The highest BCUT2D eigenvalue weighted by molar-refractivity contribution is 7.15. The summed E-state index contributed by atoms with van der Waals surface area (Å²) in [5, 5.41) is 13.4. The molecular formula is C27H22N4O3S. The molecule has 0 radical (unpaired) electrons. The molecule has 0 bridgehead atoms. The molecule has 0 fully saturated rings. The van der Waals surface area contributed by atoms with Crippen LogP contribution in [0, 0.1) is 0 Å². The van der Waals surface area contributed by atoms with E-state index in [0.29, 0.717) is 39.8 Å². The van der Waals surface area contributed by atoms with Crippen molar-refractivity contribution in [3.05, 3.63) is 95.0 Å². The first-order valence-electron chi connectivity index (χ1n) is 10.9. The van der Waals surface area contributed by atoms with Gasteiger partial charge in [-0.05, 0) is 35.9 Å². The minimum absolute atomic E-state index is 0.271. The second kappa shape index (κ2) is 9.90. The van der Waals surface area contributed by atoms with E-state index in [1.54, 1.807) is 20.3 Å². The van der Waals surface area contributed by atoms with Gasteiger partial charge in [0.25, 0.3) is 5.91 Å². The third-order valence-corrected chi connectivity index (χ3v) is 6.36. The highest BCUT2D eigenvalue weighted by Crippen LogP contribution is 2.33. The summed E-state index contributed by atoms with van der Waals surface area (Å²) >= 11 is 1.37. The first-order valence-corrected chi connectivity index (χ1v) is 11.8. The van der Waals surface area contributed by atoms with Crippen molar-refractivity contribution in [1.82, 2.24) is 15.2 Å². The number of hydrogen-bond acceptors (Lipinski definition) is 7. The maximum atomic E-state index is 13.4. The van der Waals surface area contributed by atoms with Crippen molar-refractivity contribution in [2.75, 3.05) is 19.5 Å². The number of anilines is 1. The predicted molar refractivity (Wildman–Crippen MR) is 137 cm³/mol. The minimum atomic E-state index is -0.271. The minimum Gasteiger partial charge on any atom is -0.493 e. The molecule has 0 spiro atoms. The van der Waals surface area contributed by atoms with E-state index in [2.05, 4.69) is 15.5 Å². The largest absolute Gasteiger partial charge is 0.493 e. The second-order valence-corrected chi connectivity index (χ2v) is 8.82. The Morgan fingerprint density at radius 1 is 0.886 bits per heavy atom. The van der Waals surface area contributed by atoms with E-state index in [-0.39, 0.29) is 5.91 Å². The Balaban J connectivity index is 1.46. The molecule has 0 saturated heterocycles. The van der Waals surface area contributed by atoms with E-state index in [9.17, 15) is 4.79 Å². The smallest absolute Gasteiger partial charge is 0.258 e. The van der Waals surface area contributed by atoms with Gasteiger partial charge in [-0.15, -0.1) is 10.2 Å². The third-order valence-electron chi connectivity index (χ3n) is 5.53. The van der Waals surface area contributed by atoms with Crippen LogP contribution in [-0.2, 0) is 6.42 Å². The van der Waals surface area contributed by atoms with Gasteiger partial charge in [-0.25, -0.2) is 4.98 Å². The average molecular weight is 483 g/mol. The van der Waals surface area contributed by atoms with Gasteiger partial charge in [-0.1, -0.05) is 59.9 Å². The number of rotatable bonds is 7. The van der Waals surface area contributed by atoms with Crippen LogP contribution in [0.2, 0.25) is 0 Å². The molecule has 35 heavy (non-hydrogen) atoms. The summed E-state index contributed by atoms with van der Waals surface area (Å²) < 4.78 is 10.8. The molecule has 3 aromatic carbocycles. The molecule has 0 aliphatic carbocycles. The molecule has 1 N–H and O–H groups in total. The number of amides is 1. The van der Waals surface area contributed by atoms with E-state index in [1.165, 1.54) is 11.3 Å². The van der Waals surface area contributed by atoms with Crippen LogP contribution >= 0.6 is 11.3 Å².